The normalized spacial score (nSPS) is 13.0. The zero-order valence-corrected chi connectivity index (χ0v) is 10.4. The highest BCUT2D eigenvalue weighted by atomic mass is 32.2. The van der Waals surface area contributed by atoms with Crippen LogP contribution in [-0.2, 0) is 4.79 Å². The Bertz CT molecular complexity index is 174. The first-order chi connectivity index (χ1) is 6.49. The molecule has 0 aliphatic heterocycles. The van der Waals surface area contributed by atoms with Crippen molar-refractivity contribution >= 4 is 17.7 Å². The predicted molar refractivity (Wildman–Crippen MR) is 63.4 cm³/mol. The summed E-state index contributed by atoms with van der Waals surface area (Å²) in [6.07, 6.45) is 2.79. The van der Waals surface area contributed by atoms with Gasteiger partial charge in [0, 0.05) is 13.6 Å². The van der Waals surface area contributed by atoms with Gasteiger partial charge < -0.3 is 10.6 Å². The van der Waals surface area contributed by atoms with Gasteiger partial charge >= 0.3 is 0 Å². The highest BCUT2D eigenvalue weighted by Crippen LogP contribution is 2.03. The number of carbonyl (C=O) groups excluding carboxylic acids is 1. The quantitative estimate of drug-likeness (QED) is 0.728. The van der Waals surface area contributed by atoms with Gasteiger partial charge in [-0.05, 0) is 24.3 Å². The lowest BCUT2D eigenvalue weighted by Crippen LogP contribution is -2.43. The van der Waals surface area contributed by atoms with Gasteiger partial charge in [-0.1, -0.05) is 13.8 Å². The molecule has 2 N–H and O–H groups in total. The van der Waals surface area contributed by atoms with Crippen molar-refractivity contribution in [2.24, 2.45) is 11.7 Å². The third kappa shape index (κ3) is 5.50. The summed E-state index contributed by atoms with van der Waals surface area (Å²) in [6.45, 7) is 4.97. The molecule has 1 amide bonds. The van der Waals surface area contributed by atoms with Gasteiger partial charge in [-0.25, -0.2) is 0 Å². The lowest BCUT2D eigenvalue weighted by molar-refractivity contribution is -0.131. The Morgan fingerprint density at radius 2 is 2.07 bits per heavy atom. The molecule has 0 aliphatic rings. The van der Waals surface area contributed by atoms with E-state index in [-0.39, 0.29) is 11.9 Å². The van der Waals surface area contributed by atoms with Crippen molar-refractivity contribution in [2.45, 2.75) is 26.3 Å². The van der Waals surface area contributed by atoms with E-state index in [1.54, 1.807) is 16.7 Å². The van der Waals surface area contributed by atoms with Crippen molar-refractivity contribution in [3.05, 3.63) is 0 Å². The highest BCUT2D eigenvalue weighted by Gasteiger charge is 2.17. The molecule has 0 heterocycles. The van der Waals surface area contributed by atoms with Gasteiger partial charge in [0.05, 0.1) is 6.04 Å². The maximum atomic E-state index is 11.7. The maximum Gasteiger partial charge on any atom is 0.239 e. The van der Waals surface area contributed by atoms with E-state index in [0.29, 0.717) is 5.92 Å². The smallest absolute Gasteiger partial charge is 0.239 e. The van der Waals surface area contributed by atoms with Gasteiger partial charge in [0.15, 0.2) is 0 Å². The summed E-state index contributed by atoms with van der Waals surface area (Å²) in [5.74, 6) is 1.51. The van der Waals surface area contributed by atoms with Crippen LogP contribution in [0.2, 0.25) is 0 Å². The van der Waals surface area contributed by atoms with Crippen LogP contribution < -0.4 is 5.73 Å². The van der Waals surface area contributed by atoms with Crippen LogP contribution in [0.3, 0.4) is 0 Å². The van der Waals surface area contributed by atoms with E-state index in [1.165, 1.54) is 0 Å². The molecule has 3 nitrogen and oxygen atoms in total. The number of nitrogens with zero attached hydrogens (tertiary/aromatic N) is 1. The summed E-state index contributed by atoms with van der Waals surface area (Å²) >= 11 is 1.72. The first-order valence-electron chi connectivity index (χ1n) is 4.98. The number of thioether (sulfide) groups is 1. The van der Waals surface area contributed by atoms with E-state index in [9.17, 15) is 4.79 Å². The average molecular weight is 218 g/mol. The molecule has 14 heavy (non-hydrogen) atoms. The fourth-order valence-electron chi connectivity index (χ4n) is 1.29. The number of likely N-dealkylation sites (N-methyl/N-ethyl adjacent to an activating group) is 1. The van der Waals surface area contributed by atoms with Gasteiger partial charge in [-0.2, -0.15) is 11.8 Å². The number of hydrogen-bond donors (Lipinski definition) is 1. The molecule has 84 valence electrons. The largest absolute Gasteiger partial charge is 0.344 e. The van der Waals surface area contributed by atoms with Gasteiger partial charge in [0.1, 0.15) is 0 Å². The SMILES string of the molecule is CSCC[C@@H](N)C(=O)N(C)CC(C)C. The lowest BCUT2D eigenvalue weighted by atomic mass is 10.1. The minimum Gasteiger partial charge on any atom is -0.344 e. The molecular formula is C10H22N2OS. The second kappa shape index (κ2) is 7.12. The van der Waals surface area contributed by atoms with Crippen molar-refractivity contribution in [3.8, 4) is 0 Å². The van der Waals surface area contributed by atoms with Crippen LogP contribution in [0.1, 0.15) is 20.3 Å². The van der Waals surface area contributed by atoms with Crippen LogP contribution in [0.15, 0.2) is 0 Å². The van der Waals surface area contributed by atoms with Crippen molar-refractivity contribution in [2.75, 3.05) is 25.6 Å². The Morgan fingerprint density at radius 1 is 1.50 bits per heavy atom. The molecule has 0 spiro atoms. The van der Waals surface area contributed by atoms with E-state index >= 15 is 0 Å². The van der Waals surface area contributed by atoms with Crippen LogP contribution in [-0.4, -0.2) is 42.4 Å². The zero-order chi connectivity index (χ0) is 11.1. The molecule has 0 aromatic rings. The summed E-state index contributed by atoms with van der Waals surface area (Å²) < 4.78 is 0. The van der Waals surface area contributed by atoms with Crippen molar-refractivity contribution < 1.29 is 4.79 Å². The van der Waals surface area contributed by atoms with E-state index in [4.69, 9.17) is 5.73 Å². The van der Waals surface area contributed by atoms with Crippen LogP contribution >= 0.6 is 11.8 Å². The number of carbonyl (C=O) groups is 1. The van der Waals surface area contributed by atoms with E-state index in [0.717, 1.165) is 18.7 Å². The second-order valence-electron chi connectivity index (χ2n) is 4.00. The first-order valence-corrected chi connectivity index (χ1v) is 6.38. The predicted octanol–water partition coefficient (Wildman–Crippen LogP) is 1.18. The topological polar surface area (TPSA) is 46.3 Å². The fraction of sp³-hybridized carbons (Fsp3) is 0.900. The summed E-state index contributed by atoms with van der Waals surface area (Å²) in [6, 6.07) is -0.328. The molecule has 0 saturated heterocycles. The fourth-order valence-corrected chi connectivity index (χ4v) is 1.78. The molecule has 0 rings (SSSR count). The Hall–Kier alpha value is -0.220. The Balaban J connectivity index is 3.91. The van der Waals surface area contributed by atoms with Crippen molar-refractivity contribution in [1.82, 2.24) is 4.90 Å². The first kappa shape index (κ1) is 13.8. The average Bonchev–Trinajstić information content (AvgIpc) is 2.11. The molecule has 0 aliphatic carbocycles. The third-order valence-electron chi connectivity index (χ3n) is 1.97. The molecular weight excluding hydrogens is 196 g/mol. The van der Waals surface area contributed by atoms with E-state index < -0.39 is 0 Å². The van der Waals surface area contributed by atoms with E-state index in [2.05, 4.69) is 13.8 Å². The summed E-state index contributed by atoms with van der Waals surface area (Å²) in [7, 11) is 1.82. The van der Waals surface area contributed by atoms with Crippen molar-refractivity contribution in [1.29, 1.82) is 0 Å². The maximum absolute atomic E-state index is 11.7. The monoisotopic (exact) mass is 218 g/mol. The Morgan fingerprint density at radius 3 is 2.50 bits per heavy atom. The minimum absolute atomic E-state index is 0.0627. The second-order valence-corrected chi connectivity index (χ2v) is 4.99. The van der Waals surface area contributed by atoms with Crippen LogP contribution in [0.4, 0.5) is 0 Å². The van der Waals surface area contributed by atoms with Crippen LogP contribution in [0.25, 0.3) is 0 Å². The molecule has 1 atom stereocenters. The lowest BCUT2D eigenvalue weighted by Gasteiger charge is -2.22. The van der Waals surface area contributed by atoms with Crippen LogP contribution in [0.5, 0.6) is 0 Å². The highest BCUT2D eigenvalue weighted by molar-refractivity contribution is 7.98. The molecule has 0 bridgehead atoms. The molecule has 0 aromatic heterocycles. The Labute approximate surface area is 91.4 Å². The van der Waals surface area contributed by atoms with Gasteiger partial charge in [-0.3, -0.25) is 4.79 Å². The third-order valence-corrected chi connectivity index (χ3v) is 2.61. The number of hydrogen-bond acceptors (Lipinski definition) is 3. The molecule has 0 unspecified atom stereocenters. The number of nitrogens with two attached hydrogens (primary N) is 1. The minimum atomic E-state index is -0.328. The molecule has 4 heteroatoms. The van der Waals surface area contributed by atoms with Gasteiger partial charge in [0.2, 0.25) is 5.91 Å². The molecule has 0 fully saturated rings. The molecule has 0 aromatic carbocycles. The summed E-state index contributed by atoms with van der Waals surface area (Å²) in [5, 5.41) is 0. The zero-order valence-electron chi connectivity index (χ0n) is 9.62. The Kier molecular flexibility index (Phi) is 7.01. The molecule has 0 radical (unpaired) electrons. The molecule has 0 saturated carbocycles. The number of amides is 1. The summed E-state index contributed by atoms with van der Waals surface area (Å²) in [5.41, 5.74) is 5.78. The van der Waals surface area contributed by atoms with Gasteiger partial charge in [0.25, 0.3) is 0 Å². The van der Waals surface area contributed by atoms with Gasteiger partial charge in [-0.15, -0.1) is 0 Å². The standard InChI is InChI=1S/C10H22N2OS/c1-8(2)7-12(3)10(13)9(11)5-6-14-4/h8-9H,5-7,11H2,1-4H3/t9-/m1/s1. The van der Waals surface area contributed by atoms with Crippen LogP contribution in [0, 0.1) is 5.92 Å². The van der Waals surface area contributed by atoms with Crippen molar-refractivity contribution in [3.63, 3.8) is 0 Å². The summed E-state index contributed by atoms with van der Waals surface area (Å²) in [4.78, 5) is 13.4. The number of rotatable bonds is 6. The van der Waals surface area contributed by atoms with E-state index in [1.807, 2.05) is 13.3 Å².